The number of hydrogen-bond donors (Lipinski definition) is 2. The van der Waals surface area contributed by atoms with Crippen LogP contribution in [0.15, 0.2) is 48.0 Å². The van der Waals surface area contributed by atoms with E-state index in [1.54, 1.807) is 0 Å². The van der Waals surface area contributed by atoms with Crippen LogP contribution in [0.25, 0.3) is 6.08 Å². The Labute approximate surface area is 145 Å². The Hall–Kier alpha value is -3.21. The fourth-order valence-corrected chi connectivity index (χ4v) is 2.91. The van der Waals surface area contributed by atoms with E-state index < -0.39 is 17.8 Å². The first kappa shape index (κ1) is 16.6. The molecule has 3 rings (SSSR count). The molecule has 0 unspecified atom stereocenters. The Kier molecular flexibility index (Phi) is 4.48. The molecule has 1 fully saturated rings. The summed E-state index contributed by atoms with van der Waals surface area (Å²) >= 11 is 0. The third kappa shape index (κ3) is 4.01. The fraction of sp³-hybridized carbons (Fsp3) is 0.150. The SMILES string of the molecule is Cc1cc(C)cc(Cc2ccc(C=C3C(=O)NC(=O)NC3=O)cc2)c1. The molecule has 1 aliphatic heterocycles. The summed E-state index contributed by atoms with van der Waals surface area (Å²) in [6.45, 7) is 4.16. The van der Waals surface area contributed by atoms with Crippen LogP contribution in [-0.4, -0.2) is 17.8 Å². The van der Waals surface area contributed by atoms with Crippen molar-refractivity contribution in [3.05, 3.63) is 75.9 Å². The minimum Gasteiger partial charge on any atom is -0.273 e. The van der Waals surface area contributed by atoms with Crippen molar-refractivity contribution in [1.29, 1.82) is 0 Å². The average molecular weight is 334 g/mol. The Morgan fingerprint density at radius 3 is 1.92 bits per heavy atom. The number of carbonyl (C=O) groups is 3. The topological polar surface area (TPSA) is 75.3 Å². The summed E-state index contributed by atoms with van der Waals surface area (Å²) in [7, 11) is 0. The van der Waals surface area contributed by atoms with Gasteiger partial charge in [-0.2, -0.15) is 0 Å². The number of hydrogen-bond acceptors (Lipinski definition) is 3. The van der Waals surface area contributed by atoms with Gasteiger partial charge in [0.1, 0.15) is 5.57 Å². The molecule has 1 saturated heterocycles. The van der Waals surface area contributed by atoms with Gasteiger partial charge in [0.15, 0.2) is 0 Å². The van der Waals surface area contributed by atoms with Crippen LogP contribution >= 0.6 is 0 Å². The van der Waals surface area contributed by atoms with Crippen LogP contribution in [0.2, 0.25) is 0 Å². The lowest BCUT2D eigenvalue weighted by Gasteiger charge is -2.13. The Morgan fingerprint density at radius 1 is 0.800 bits per heavy atom. The third-order valence-corrected chi connectivity index (χ3v) is 3.92. The highest BCUT2D eigenvalue weighted by atomic mass is 16.2. The van der Waals surface area contributed by atoms with Crippen molar-refractivity contribution in [2.45, 2.75) is 20.3 Å². The summed E-state index contributed by atoms with van der Waals surface area (Å²) in [5.74, 6) is -1.37. The standard InChI is InChI=1S/C20H18N2O3/c1-12-7-13(2)9-16(8-12)10-14-3-5-15(6-4-14)11-17-18(23)21-20(25)22-19(17)24/h3-9,11H,10H2,1-2H3,(H2,21,22,23,24,25). The predicted molar refractivity (Wildman–Crippen MR) is 94.8 cm³/mol. The molecule has 0 aromatic heterocycles. The van der Waals surface area contributed by atoms with E-state index in [4.69, 9.17) is 0 Å². The van der Waals surface area contributed by atoms with Crippen LogP contribution in [0.4, 0.5) is 4.79 Å². The van der Waals surface area contributed by atoms with Gasteiger partial charge in [0.25, 0.3) is 11.8 Å². The van der Waals surface area contributed by atoms with E-state index in [1.807, 2.05) is 24.3 Å². The molecule has 2 N–H and O–H groups in total. The molecule has 0 saturated carbocycles. The maximum atomic E-state index is 11.7. The van der Waals surface area contributed by atoms with Gasteiger partial charge in [-0.25, -0.2) is 4.79 Å². The molecule has 25 heavy (non-hydrogen) atoms. The zero-order chi connectivity index (χ0) is 18.0. The Balaban J connectivity index is 1.78. The van der Waals surface area contributed by atoms with Crippen LogP contribution in [0, 0.1) is 13.8 Å². The van der Waals surface area contributed by atoms with E-state index in [-0.39, 0.29) is 5.57 Å². The van der Waals surface area contributed by atoms with Crippen molar-refractivity contribution in [2.24, 2.45) is 0 Å². The molecule has 1 aliphatic rings. The van der Waals surface area contributed by atoms with Crippen molar-refractivity contribution in [3.8, 4) is 0 Å². The molecule has 0 radical (unpaired) electrons. The maximum Gasteiger partial charge on any atom is 0.328 e. The second-order valence-corrected chi connectivity index (χ2v) is 6.21. The highest BCUT2D eigenvalue weighted by Crippen LogP contribution is 2.16. The van der Waals surface area contributed by atoms with Gasteiger partial charge >= 0.3 is 6.03 Å². The molecule has 2 aromatic rings. The zero-order valence-corrected chi connectivity index (χ0v) is 14.1. The van der Waals surface area contributed by atoms with Gasteiger partial charge < -0.3 is 0 Å². The summed E-state index contributed by atoms with van der Waals surface area (Å²) in [6.07, 6.45) is 2.28. The molecule has 2 aromatic carbocycles. The van der Waals surface area contributed by atoms with Crippen LogP contribution in [0.1, 0.15) is 27.8 Å². The van der Waals surface area contributed by atoms with Gasteiger partial charge in [0.2, 0.25) is 0 Å². The van der Waals surface area contributed by atoms with E-state index in [0.717, 1.165) is 17.5 Å². The summed E-state index contributed by atoms with van der Waals surface area (Å²) < 4.78 is 0. The predicted octanol–water partition coefficient (Wildman–Crippen LogP) is 2.64. The van der Waals surface area contributed by atoms with E-state index in [2.05, 4.69) is 42.7 Å². The molecule has 1 heterocycles. The molecule has 0 spiro atoms. The average Bonchev–Trinajstić information content (AvgIpc) is 2.51. The van der Waals surface area contributed by atoms with Crippen LogP contribution < -0.4 is 10.6 Å². The number of barbiturate groups is 1. The van der Waals surface area contributed by atoms with E-state index in [0.29, 0.717) is 0 Å². The second kappa shape index (κ2) is 6.73. The lowest BCUT2D eigenvalue weighted by molar-refractivity contribution is -0.123. The first-order valence-electron chi connectivity index (χ1n) is 7.95. The lowest BCUT2D eigenvalue weighted by atomic mass is 9.99. The van der Waals surface area contributed by atoms with Crippen molar-refractivity contribution in [2.75, 3.05) is 0 Å². The van der Waals surface area contributed by atoms with Gasteiger partial charge in [-0.15, -0.1) is 0 Å². The monoisotopic (exact) mass is 334 g/mol. The summed E-state index contributed by atoms with van der Waals surface area (Å²) in [6, 6.07) is 13.3. The number of benzene rings is 2. The van der Waals surface area contributed by atoms with Gasteiger partial charge in [-0.05, 0) is 43.0 Å². The van der Waals surface area contributed by atoms with Gasteiger partial charge in [0, 0.05) is 0 Å². The minimum atomic E-state index is -0.795. The van der Waals surface area contributed by atoms with Gasteiger partial charge in [-0.3, -0.25) is 20.2 Å². The molecule has 5 nitrogen and oxygen atoms in total. The number of imide groups is 2. The molecule has 0 aliphatic carbocycles. The van der Waals surface area contributed by atoms with Crippen LogP contribution in [0.3, 0.4) is 0 Å². The normalized spacial score (nSPS) is 14.2. The van der Waals surface area contributed by atoms with Gasteiger partial charge in [0.05, 0.1) is 0 Å². The Morgan fingerprint density at radius 2 is 1.36 bits per heavy atom. The number of urea groups is 1. The van der Waals surface area contributed by atoms with Gasteiger partial charge in [-0.1, -0.05) is 53.6 Å². The molecule has 0 bridgehead atoms. The smallest absolute Gasteiger partial charge is 0.273 e. The summed E-state index contributed by atoms with van der Waals surface area (Å²) in [5.41, 5.74) is 5.49. The van der Waals surface area contributed by atoms with Crippen molar-refractivity contribution in [3.63, 3.8) is 0 Å². The quantitative estimate of drug-likeness (QED) is 0.669. The highest BCUT2D eigenvalue weighted by molar-refractivity contribution is 6.31. The molecular formula is C20H18N2O3. The maximum absolute atomic E-state index is 11.7. The highest BCUT2D eigenvalue weighted by Gasteiger charge is 2.27. The fourth-order valence-electron chi connectivity index (χ4n) is 2.91. The first-order valence-corrected chi connectivity index (χ1v) is 7.95. The number of nitrogens with one attached hydrogen (secondary N) is 2. The van der Waals surface area contributed by atoms with Crippen LogP contribution in [0.5, 0.6) is 0 Å². The molecule has 5 heteroatoms. The first-order chi connectivity index (χ1) is 11.9. The molecular weight excluding hydrogens is 316 g/mol. The minimum absolute atomic E-state index is 0.0818. The number of carbonyl (C=O) groups excluding carboxylic acids is 3. The number of amides is 4. The molecule has 0 atom stereocenters. The summed E-state index contributed by atoms with van der Waals surface area (Å²) in [5, 5.41) is 4.11. The van der Waals surface area contributed by atoms with E-state index in [9.17, 15) is 14.4 Å². The Bertz CT molecular complexity index is 853. The van der Waals surface area contributed by atoms with Crippen molar-refractivity contribution >= 4 is 23.9 Å². The number of aryl methyl sites for hydroxylation is 2. The summed E-state index contributed by atoms with van der Waals surface area (Å²) in [4.78, 5) is 34.5. The lowest BCUT2D eigenvalue weighted by Crippen LogP contribution is -2.51. The third-order valence-electron chi connectivity index (χ3n) is 3.92. The van der Waals surface area contributed by atoms with E-state index in [1.165, 1.54) is 22.8 Å². The molecule has 126 valence electrons. The zero-order valence-electron chi connectivity index (χ0n) is 14.1. The molecule has 4 amide bonds. The van der Waals surface area contributed by atoms with E-state index >= 15 is 0 Å². The second-order valence-electron chi connectivity index (χ2n) is 6.21. The van der Waals surface area contributed by atoms with Crippen LogP contribution in [-0.2, 0) is 16.0 Å². The number of rotatable bonds is 3. The van der Waals surface area contributed by atoms with Crippen molar-refractivity contribution < 1.29 is 14.4 Å². The largest absolute Gasteiger partial charge is 0.328 e. The van der Waals surface area contributed by atoms with Crippen molar-refractivity contribution in [1.82, 2.24) is 10.6 Å².